The van der Waals surface area contributed by atoms with Crippen molar-refractivity contribution in [2.45, 2.75) is 61.3 Å². The third-order valence-electron chi connectivity index (χ3n) is 3.93. The van der Waals surface area contributed by atoms with Crippen LogP contribution < -0.4 is 0 Å². The second kappa shape index (κ2) is 4.15. The van der Waals surface area contributed by atoms with Crippen molar-refractivity contribution < 1.29 is 9.90 Å². The summed E-state index contributed by atoms with van der Waals surface area (Å²) in [6.45, 7) is 15.0. The summed E-state index contributed by atoms with van der Waals surface area (Å²) in [5.74, 6) is -0.693. The quantitative estimate of drug-likeness (QED) is 0.772. The van der Waals surface area contributed by atoms with Crippen LogP contribution in [-0.2, 0) is 4.79 Å². The Morgan fingerprint density at radius 1 is 1.00 bits per heavy atom. The molecule has 0 radical (unpaired) electrons. The van der Waals surface area contributed by atoms with Gasteiger partial charge in [-0.25, -0.2) is 0 Å². The van der Waals surface area contributed by atoms with E-state index in [1.807, 2.05) is 0 Å². The minimum atomic E-state index is -0.693. The maximum Gasteiger partial charge on any atom is 0.303 e. The number of hydrogen-bond donors (Lipinski definition) is 1. The topological polar surface area (TPSA) is 37.3 Å². The van der Waals surface area contributed by atoms with Crippen molar-refractivity contribution in [1.82, 2.24) is 0 Å². The van der Waals surface area contributed by atoms with Crippen LogP contribution in [0.2, 0.25) is 0 Å². The van der Waals surface area contributed by atoms with Crippen LogP contribution in [-0.4, -0.2) is 11.1 Å². The second-order valence-corrected chi connectivity index (χ2v) is 6.51. The van der Waals surface area contributed by atoms with Crippen LogP contribution in [0.25, 0.3) is 0 Å². The first-order chi connectivity index (χ1) is 6.48. The molecule has 0 fully saturated rings. The van der Waals surface area contributed by atoms with E-state index in [9.17, 15) is 4.79 Å². The van der Waals surface area contributed by atoms with Gasteiger partial charge in [0, 0.05) is 0 Å². The minimum absolute atomic E-state index is 0.00160. The molecule has 0 unspecified atom stereocenters. The largest absolute Gasteiger partial charge is 0.481 e. The maximum atomic E-state index is 11.1. The first kappa shape index (κ1) is 14.5. The van der Waals surface area contributed by atoms with E-state index < -0.39 is 5.97 Å². The highest BCUT2D eigenvalue weighted by atomic mass is 16.4. The van der Waals surface area contributed by atoms with Crippen molar-refractivity contribution in [1.29, 1.82) is 0 Å². The van der Waals surface area contributed by atoms with Crippen LogP contribution in [0.4, 0.5) is 0 Å². The Morgan fingerprint density at radius 2 is 1.33 bits per heavy atom. The fourth-order valence-corrected chi connectivity index (χ4v) is 3.10. The van der Waals surface area contributed by atoms with Gasteiger partial charge in [-0.2, -0.15) is 0 Å². The highest BCUT2D eigenvalue weighted by Crippen LogP contribution is 2.56. The van der Waals surface area contributed by atoms with E-state index in [1.54, 1.807) is 0 Å². The van der Waals surface area contributed by atoms with Gasteiger partial charge in [-0.3, -0.25) is 4.79 Å². The Balaban J connectivity index is 5.42. The molecule has 0 aromatic heterocycles. The van der Waals surface area contributed by atoms with Gasteiger partial charge in [-0.1, -0.05) is 48.5 Å². The lowest BCUT2D eigenvalue weighted by Crippen LogP contribution is -2.47. The average Bonchev–Trinajstić information content (AvgIpc) is 1.94. The van der Waals surface area contributed by atoms with Gasteiger partial charge in [0.15, 0.2) is 0 Å². The number of aliphatic carboxylic acids is 1. The molecule has 0 aliphatic heterocycles. The molecule has 15 heavy (non-hydrogen) atoms. The van der Waals surface area contributed by atoms with Gasteiger partial charge in [0.25, 0.3) is 0 Å². The molecule has 0 bridgehead atoms. The van der Waals surface area contributed by atoms with Crippen molar-refractivity contribution in [2.24, 2.45) is 16.2 Å². The molecular weight excluding hydrogens is 188 g/mol. The third-order valence-corrected chi connectivity index (χ3v) is 3.93. The molecule has 0 rings (SSSR count). The Bertz CT molecular complexity index is 214. The van der Waals surface area contributed by atoms with Crippen LogP contribution in [0.15, 0.2) is 0 Å². The molecule has 0 aromatic carbocycles. The van der Waals surface area contributed by atoms with Gasteiger partial charge in [0.05, 0.1) is 6.42 Å². The summed E-state index contributed by atoms with van der Waals surface area (Å²) in [7, 11) is 0. The smallest absolute Gasteiger partial charge is 0.303 e. The summed E-state index contributed by atoms with van der Waals surface area (Å²) in [6, 6.07) is 0. The van der Waals surface area contributed by atoms with Gasteiger partial charge in [0.2, 0.25) is 0 Å². The van der Waals surface area contributed by atoms with Gasteiger partial charge < -0.3 is 5.11 Å². The highest BCUT2D eigenvalue weighted by Gasteiger charge is 2.50. The highest BCUT2D eigenvalue weighted by molar-refractivity contribution is 5.68. The van der Waals surface area contributed by atoms with Crippen molar-refractivity contribution in [3.05, 3.63) is 0 Å². The Kier molecular flexibility index (Phi) is 4.00. The molecule has 1 N–H and O–H groups in total. The van der Waals surface area contributed by atoms with Crippen molar-refractivity contribution in [3.63, 3.8) is 0 Å². The third kappa shape index (κ3) is 2.73. The molecule has 0 amide bonds. The predicted octanol–water partition coefficient (Wildman–Crippen LogP) is 3.95. The van der Waals surface area contributed by atoms with E-state index in [2.05, 4.69) is 48.5 Å². The summed E-state index contributed by atoms with van der Waals surface area (Å²) < 4.78 is 0. The molecule has 0 spiro atoms. The standard InChI is InChI=1S/C13H26O2/c1-8-13(9-10(14)15,11(2,3)4)12(5,6)7/h8-9H2,1-7H3,(H,14,15). The first-order valence-electron chi connectivity index (χ1n) is 5.70. The number of carboxylic acid groups (broad SMARTS) is 1. The summed E-state index contributed by atoms with van der Waals surface area (Å²) >= 11 is 0. The lowest BCUT2D eigenvalue weighted by atomic mass is 9.51. The van der Waals surface area contributed by atoms with E-state index >= 15 is 0 Å². The molecule has 0 aromatic rings. The molecule has 0 aliphatic rings. The zero-order valence-electron chi connectivity index (χ0n) is 11.3. The van der Waals surface area contributed by atoms with Crippen molar-refractivity contribution >= 4 is 5.97 Å². The van der Waals surface area contributed by atoms with E-state index in [0.717, 1.165) is 6.42 Å². The monoisotopic (exact) mass is 214 g/mol. The zero-order chi connectivity index (χ0) is 12.5. The van der Waals surface area contributed by atoms with Crippen molar-refractivity contribution in [3.8, 4) is 0 Å². The van der Waals surface area contributed by atoms with Crippen LogP contribution in [0.3, 0.4) is 0 Å². The van der Waals surface area contributed by atoms with E-state index in [1.165, 1.54) is 0 Å². The van der Waals surface area contributed by atoms with E-state index in [4.69, 9.17) is 5.11 Å². The fraction of sp³-hybridized carbons (Fsp3) is 0.923. The number of rotatable bonds is 3. The van der Waals surface area contributed by atoms with Crippen LogP contribution in [0.1, 0.15) is 61.3 Å². The summed E-state index contributed by atoms with van der Waals surface area (Å²) in [4.78, 5) is 11.1. The molecule has 0 saturated carbocycles. The maximum absolute atomic E-state index is 11.1. The Labute approximate surface area is 94.1 Å². The molecule has 2 heteroatoms. The second-order valence-electron chi connectivity index (χ2n) is 6.51. The molecule has 0 aliphatic carbocycles. The molecule has 90 valence electrons. The fourth-order valence-electron chi connectivity index (χ4n) is 3.10. The first-order valence-corrected chi connectivity index (χ1v) is 5.70. The van der Waals surface area contributed by atoms with Gasteiger partial charge in [0.1, 0.15) is 0 Å². The summed E-state index contributed by atoms with van der Waals surface area (Å²) in [5, 5.41) is 9.11. The number of carbonyl (C=O) groups is 1. The van der Waals surface area contributed by atoms with Gasteiger partial charge >= 0.3 is 5.97 Å². The molecule has 0 atom stereocenters. The van der Waals surface area contributed by atoms with Crippen LogP contribution in [0, 0.1) is 16.2 Å². The van der Waals surface area contributed by atoms with E-state index in [-0.39, 0.29) is 22.7 Å². The van der Waals surface area contributed by atoms with E-state index in [0.29, 0.717) is 0 Å². The van der Waals surface area contributed by atoms with Gasteiger partial charge in [-0.05, 0) is 22.7 Å². The molecular formula is C13H26O2. The van der Waals surface area contributed by atoms with Crippen LogP contribution in [0.5, 0.6) is 0 Å². The number of hydrogen-bond acceptors (Lipinski definition) is 1. The summed E-state index contributed by atoms with van der Waals surface area (Å²) in [5.41, 5.74) is -0.164. The molecule has 0 heterocycles. The SMILES string of the molecule is CCC(CC(=O)O)(C(C)(C)C)C(C)(C)C. The normalized spacial score (nSPS) is 14.1. The zero-order valence-corrected chi connectivity index (χ0v) is 11.3. The molecule has 2 nitrogen and oxygen atoms in total. The van der Waals surface area contributed by atoms with Crippen LogP contribution >= 0.6 is 0 Å². The predicted molar refractivity (Wildman–Crippen MR) is 63.9 cm³/mol. The Hall–Kier alpha value is -0.530. The summed E-state index contributed by atoms with van der Waals surface area (Å²) in [6.07, 6.45) is 1.14. The Morgan fingerprint density at radius 3 is 1.40 bits per heavy atom. The minimum Gasteiger partial charge on any atom is -0.481 e. The number of carboxylic acids is 1. The lowest BCUT2D eigenvalue weighted by molar-refractivity contribution is -0.148. The van der Waals surface area contributed by atoms with Crippen molar-refractivity contribution in [2.75, 3.05) is 0 Å². The average molecular weight is 214 g/mol. The molecule has 0 saturated heterocycles. The van der Waals surface area contributed by atoms with Gasteiger partial charge in [-0.15, -0.1) is 0 Å². The lowest BCUT2D eigenvalue weighted by Gasteiger charge is -2.53.